The second kappa shape index (κ2) is 7.56. The molecule has 6 nitrogen and oxygen atoms in total. The highest BCUT2D eigenvalue weighted by atomic mass is 19.4. The number of nitrogens with one attached hydrogen (secondary N) is 1. The average molecular weight is 380 g/mol. The van der Waals surface area contributed by atoms with Crippen molar-refractivity contribution in [1.29, 1.82) is 0 Å². The number of alkyl halides is 6. The summed E-state index contributed by atoms with van der Waals surface area (Å²) >= 11 is 0. The van der Waals surface area contributed by atoms with Gasteiger partial charge >= 0.3 is 12.5 Å². The molecular weight excluding hydrogens is 370 g/mol. The summed E-state index contributed by atoms with van der Waals surface area (Å²) in [5.41, 5.74) is 2.45. The normalized spacial score (nSPS) is 12.4. The first kappa shape index (κ1) is 19.4. The van der Waals surface area contributed by atoms with Crippen molar-refractivity contribution in [2.24, 2.45) is 5.10 Å². The van der Waals surface area contributed by atoms with Crippen molar-refractivity contribution in [3.8, 4) is 17.0 Å². The number of nitrogens with zero attached hydrogens (tertiary/aromatic N) is 3. The highest BCUT2D eigenvalue weighted by molar-refractivity contribution is 5.66. The third kappa shape index (κ3) is 5.88. The van der Waals surface area contributed by atoms with Crippen molar-refractivity contribution in [3.63, 3.8) is 0 Å². The van der Waals surface area contributed by atoms with Crippen LogP contribution in [0.15, 0.2) is 35.6 Å². The third-order valence-electron chi connectivity index (χ3n) is 2.75. The van der Waals surface area contributed by atoms with Crippen LogP contribution in [0, 0.1) is 0 Å². The quantitative estimate of drug-likeness (QED) is 0.472. The summed E-state index contributed by atoms with van der Waals surface area (Å²) in [5.74, 6) is -0.602. The number of rotatable bonds is 5. The second-order valence-electron chi connectivity index (χ2n) is 4.69. The lowest BCUT2D eigenvalue weighted by atomic mass is 10.1. The molecule has 1 heterocycles. The number of ether oxygens (including phenoxy) is 1. The van der Waals surface area contributed by atoms with Crippen LogP contribution in [0.4, 0.5) is 32.2 Å². The molecule has 1 aromatic carbocycles. The molecule has 2 N–H and O–H groups in total. The fourth-order valence-corrected chi connectivity index (χ4v) is 1.82. The van der Waals surface area contributed by atoms with E-state index in [9.17, 15) is 31.4 Å². The molecule has 0 aliphatic carbocycles. The van der Waals surface area contributed by atoms with E-state index in [0.29, 0.717) is 5.56 Å². The maximum atomic E-state index is 12.1. The first-order valence-corrected chi connectivity index (χ1v) is 6.77. The molecule has 0 spiro atoms. The van der Waals surface area contributed by atoms with Gasteiger partial charge in [0.05, 0.1) is 24.2 Å². The summed E-state index contributed by atoms with van der Waals surface area (Å²) < 4.78 is 76.1. The van der Waals surface area contributed by atoms with Crippen LogP contribution < -0.4 is 10.2 Å². The number of aromatic nitrogens is 2. The number of anilines is 1. The number of aliphatic hydroxyl groups is 1. The standard InChI is InChI=1S/C14H10F6N4O2/c15-13(16,17)7-22-24-11-5-21-12(10(6-25)23-11)8-1-3-9(4-2-8)26-14(18,19)20/h1-5,7,25H,6H2,(H,23,24)/b22-7+. The Kier molecular flexibility index (Phi) is 5.65. The molecule has 0 saturated carbocycles. The number of hydrogen-bond acceptors (Lipinski definition) is 6. The van der Waals surface area contributed by atoms with Gasteiger partial charge in [-0.05, 0) is 24.3 Å². The van der Waals surface area contributed by atoms with Gasteiger partial charge in [0.2, 0.25) is 0 Å². The number of hydrazone groups is 1. The number of benzene rings is 1. The Labute approximate surface area is 142 Å². The Bertz CT molecular complexity index is 774. The Morgan fingerprint density at radius 3 is 2.31 bits per heavy atom. The highest BCUT2D eigenvalue weighted by Crippen LogP contribution is 2.27. The molecule has 0 radical (unpaired) electrons. The Morgan fingerprint density at radius 2 is 1.77 bits per heavy atom. The zero-order valence-electron chi connectivity index (χ0n) is 12.6. The van der Waals surface area contributed by atoms with Gasteiger partial charge in [-0.3, -0.25) is 10.4 Å². The number of aliphatic hydroxyl groups excluding tert-OH is 1. The lowest BCUT2D eigenvalue weighted by molar-refractivity contribution is -0.274. The number of halogens is 6. The van der Waals surface area contributed by atoms with Gasteiger partial charge in [0.25, 0.3) is 0 Å². The summed E-state index contributed by atoms with van der Waals surface area (Å²) in [6.07, 6.45) is -8.68. The average Bonchev–Trinajstić information content (AvgIpc) is 2.53. The molecular formula is C14H10F6N4O2. The first-order chi connectivity index (χ1) is 12.1. The van der Waals surface area contributed by atoms with Crippen LogP contribution in [0.1, 0.15) is 5.69 Å². The molecule has 0 aliphatic rings. The first-order valence-electron chi connectivity index (χ1n) is 6.77. The minimum absolute atomic E-state index is 0.0123. The zero-order chi connectivity index (χ0) is 19.4. The van der Waals surface area contributed by atoms with E-state index in [2.05, 4.69) is 19.8 Å². The van der Waals surface area contributed by atoms with Gasteiger partial charge in [0.1, 0.15) is 12.0 Å². The van der Waals surface area contributed by atoms with E-state index in [4.69, 9.17) is 0 Å². The van der Waals surface area contributed by atoms with E-state index in [1.807, 2.05) is 5.43 Å². The molecule has 2 rings (SSSR count). The van der Waals surface area contributed by atoms with Crippen molar-refractivity contribution < 1.29 is 36.2 Å². The van der Waals surface area contributed by atoms with Crippen molar-refractivity contribution >= 4 is 12.0 Å². The summed E-state index contributed by atoms with van der Waals surface area (Å²) in [5, 5.41) is 12.3. The van der Waals surface area contributed by atoms with Crippen LogP contribution in [-0.4, -0.2) is 33.8 Å². The van der Waals surface area contributed by atoms with Gasteiger partial charge in [-0.2, -0.15) is 18.3 Å². The largest absolute Gasteiger partial charge is 0.573 e. The van der Waals surface area contributed by atoms with Crippen molar-refractivity contribution in [2.75, 3.05) is 5.43 Å². The molecule has 0 unspecified atom stereocenters. The van der Waals surface area contributed by atoms with E-state index >= 15 is 0 Å². The minimum atomic E-state index is -4.83. The molecule has 1 aromatic heterocycles. The van der Waals surface area contributed by atoms with Crippen LogP contribution >= 0.6 is 0 Å². The fourth-order valence-electron chi connectivity index (χ4n) is 1.82. The Morgan fingerprint density at radius 1 is 1.12 bits per heavy atom. The molecule has 0 atom stereocenters. The summed E-state index contributed by atoms with van der Waals surface area (Å²) in [6.45, 7) is -0.609. The lowest BCUT2D eigenvalue weighted by Crippen LogP contribution is -2.16. The summed E-state index contributed by atoms with van der Waals surface area (Å²) in [6, 6.07) is 4.62. The van der Waals surface area contributed by atoms with E-state index in [1.165, 1.54) is 12.1 Å². The van der Waals surface area contributed by atoms with Gasteiger partial charge in [-0.25, -0.2) is 4.98 Å². The highest BCUT2D eigenvalue weighted by Gasteiger charge is 2.31. The molecule has 0 aliphatic heterocycles. The number of hydrogen-bond donors (Lipinski definition) is 2. The van der Waals surface area contributed by atoms with Gasteiger partial charge in [-0.15, -0.1) is 13.2 Å². The molecule has 140 valence electrons. The summed E-state index contributed by atoms with van der Waals surface area (Å²) in [7, 11) is 0. The van der Waals surface area contributed by atoms with Crippen molar-refractivity contribution in [2.45, 2.75) is 19.1 Å². The van der Waals surface area contributed by atoms with Crippen molar-refractivity contribution in [3.05, 3.63) is 36.2 Å². The fraction of sp³-hybridized carbons (Fsp3) is 0.214. The van der Waals surface area contributed by atoms with Crippen molar-refractivity contribution in [1.82, 2.24) is 9.97 Å². The van der Waals surface area contributed by atoms with Crippen LogP contribution in [0.25, 0.3) is 11.3 Å². The SMILES string of the molecule is OCc1nc(N/N=C/C(F)(F)F)cnc1-c1ccc(OC(F)(F)F)cc1. The Hall–Kier alpha value is -2.89. The molecule has 0 amide bonds. The van der Waals surface area contributed by atoms with E-state index in [-0.39, 0.29) is 23.4 Å². The smallest absolute Gasteiger partial charge is 0.406 e. The van der Waals surface area contributed by atoms with Gasteiger partial charge in [-0.1, -0.05) is 0 Å². The van der Waals surface area contributed by atoms with Crippen LogP contribution in [0.5, 0.6) is 5.75 Å². The Balaban J connectivity index is 2.20. The predicted molar refractivity (Wildman–Crippen MR) is 78.2 cm³/mol. The third-order valence-corrected chi connectivity index (χ3v) is 2.75. The van der Waals surface area contributed by atoms with Gasteiger partial charge in [0, 0.05) is 5.56 Å². The van der Waals surface area contributed by atoms with E-state index in [0.717, 1.165) is 18.3 Å². The van der Waals surface area contributed by atoms with Crippen LogP contribution in [0.3, 0.4) is 0 Å². The molecule has 0 bridgehead atoms. The molecule has 12 heteroatoms. The maximum absolute atomic E-state index is 12.1. The zero-order valence-corrected chi connectivity index (χ0v) is 12.6. The van der Waals surface area contributed by atoms with Crippen LogP contribution in [-0.2, 0) is 6.61 Å². The molecule has 2 aromatic rings. The monoisotopic (exact) mass is 380 g/mol. The molecule has 0 fully saturated rings. The minimum Gasteiger partial charge on any atom is -0.406 e. The topological polar surface area (TPSA) is 79.6 Å². The summed E-state index contributed by atoms with van der Waals surface area (Å²) in [4.78, 5) is 7.79. The molecule has 0 saturated heterocycles. The van der Waals surface area contributed by atoms with Gasteiger partial charge < -0.3 is 9.84 Å². The lowest BCUT2D eigenvalue weighted by Gasteiger charge is -2.11. The van der Waals surface area contributed by atoms with E-state index < -0.39 is 24.9 Å². The predicted octanol–water partition coefficient (Wildman–Crippen LogP) is 3.49. The molecule has 26 heavy (non-hydrogen) atoms. The van der Waals surface area contributed by atoms with E-state index in [1.54, 1.807) is 0 Å². The van der Waals surface area contributed by atoms with Crippen LogP contribution in [0.2, 0.25) is 0 Å². The second-order valence-corrected chi connectivity index (χ2v) is 4.69. The van der Waals surface area contributed by atoms with Gasteiger partial charge in [0.15, 0.2) is 5.82 Å². The maximum Gasteiger partial charge on any atom is 0.573 e.